The fourth-order valence-corrected chi connectivity index (χ4v) is 2.18. The van der Waals surface area contributed by atoms with E-state index in [9.17, 15) is 0 Å². The maximum absolute atomic E-state index is 5.60. The molecule has 2 aromatic heterocycles. The van der Waals surface area contributed by atoms with Crippen LogP contribution in [0.25, 0.3) is 22.2 Å². The molecule has 0 saturated carbocycles. The lowest BCUT2D eigenvalue weighted by molar-refractivity contribution is 0.548. The van der Waals surface area contributed by atoms with Gasteiger partial charge >= 0.3 is 0 Å². The summed E-state index contributed by atoms with van der Waals surface area (Å²) in [5.74, 6) is 1.77. The van der Waals surface area contributed by atoms with Gasteiger partial charge in [0.05, 0.1) is 5.52 Å². The number of hydrogen-bond acceptors (Lipinski definition) is 3. The highest BCUT2D eigenvalue weighted by Gasteiger charge is 2.06. The van der Waals surface area contributed by atoms with Crippen LogP contribution in [0.15, 0.2) is 45.7 Å². The van der Waals surface area contributed by atoms with Crippen molar-refractivity contribution in [3.63, 3.8) is 0 Å². The maximum atomic E-state index is 5.60. The minimum absolute atomic E-state index is 0.799. The Morgan fingerprint density at radius 1 is 1.12 bits per heavy atom. The number of aryl methyl sites for hydroxylation is 1. The molecule has 84 valence electrons. The fourth-order valence-electron chi connectivity index (χ4n) is 1.77. The molecular weight excluding hydrogens is 280 g/mol. The van der Waals surface area contributed by atoms with E-state index in [-0.39, 0.29) is 0 Å². The molecule has 0 unspecified atom stereocenters. The van der Waals surface area contributed by atoms with E-state index >= 15 is 0 Å². The Hall–Kier alpha value is -1.68. The zero-order valence-electron chi connectivity index (χ0n) is 9.14. The van der Waals surface area contributed by atoms with Crippen LogP contribution in [0.3, 0.4) is 0 Å². The van der Waals surface area contributed by atoms with E-state index in [1.165, 1.54) is 0 Å². The van der Waals surface area contributed by atoms with Crippen molar-refractivity contribution in [2.45, 2.75) is 6.92 Å². The molecule has 3 aromatic rings. The van der Waals surface area contributed by atoms with Crippen molar-refractivity contribution in [2.75, 3.05) is 0 Å². The second kappa shape index (κ2) is 3.96. The molecule has 0 bridgehead atoms. The largest absolute Gasteiger partial charge is 0.461 e. The summed E-state index contributed by atoms with van der Waals surface area (Å²) in [7, 11) is 0. The van der Waals surface area contributed by atoms with Crippen molar-refractivity contribution >= 4 is 26.8 Å². The predicted octanol–water partition coefficient (Wildman–Crippen LogP) is 3.96. The normalized spacial score (nSPS) is 10.9. The topological polar surface area (TPSA) is 38.9 Å². The van der Waals surface area contributed by atoms with Crippen LogP contribution >= 0.6 is 15.9 Å². The van der Waals surface area contributed by atoms with Gasteiger partial charge in [-0.1, -0.05) is 0 Å². The van der Waals surface area contributed by atoms with Gasteiger partial charge in [-0.2, -0.15) is 0 Å². The van der Waals surface area contributed by atoms with Gasteiger partial charge in [0.1, 0.15) is 22.5 Å². The number of halogens is 1. The minimum Gasteiger partial charge on any atom is -0.461 e. The van der Waals surface area contributed by atoms with Crippen LogP contribution in [0.1, 0.15) is 5.76 Å². The number of benzene rings is 1. The molecule has 17 heavy (non-hydrogen) atoms. The number of hydrogen-bond donors (Lipinski definition) is 0. The lowest BCUT2D eigenvalue weighted by atomic mass is 10.1. The Morgan fingerprint density at radius 3 is 2.76 bits per heavy atom. The van der Waals surface area contributed by atoms with Gasteiger partial charge in [-0.25, -0.2) is 9.97 Å². The van der Waals surface area contributed by atoms with Gasteiger partial charge in [-0.05, 0) is 53.2 Å². The molecule has 0 fully saturated rings. The molecule has 2 heterocycles. The summed E-state index contributed by atoms with van der Waals surface area (Å²) in [4.78, 5) is 8.33. The van der Waals surface area contributed by atoms with Gasteiger partial charge in [0, 0.05) is 10.9 Å². The minimum atomic E-state index is 0.799. The first-order chi connectivity index (χ1) is 8.24. The monoisotopic (exact) mass is 288 g/mol. The highest BCUT2D eigenvalue weighted by molar-refractivity contribution is 9.10. The standard InChI is InChI=1S/C13H9BrN2O/c1-8-2-5-12(17-8)9-3-4-11-10(6-9)13(14)16-7-15-11/h2-7H,1H3. The van der Waals surface area contributed by atoms with Gasteiger partial charge in [-0.15, -0.1) is 0 Å². The van der Waals surface area contributed by atoms with Crippen molar-refractivity contribution in [3.05, 3.63) is 47.0 Å². The number of fused-ring (bicyclic) bond motifs is 1. The second-order valence-corrected chi connectivity index (χ2v) is 4.56. The molecule has 0 radical (unpaired) electrons. The summed E-state index contributed by atoms with van der Waals surface area (Å²) in [6.07, 6.45) is 1.54. The Kier molecular flexibility index (Phi) is 2.44. The van der Waals surface area contributed by atoms with Crippen LogP contribution < -0.4 is 0 Å². The Bertz CT molecular complexity index is 691. The number of rotatable bonds is 1. The van der Waals surface area contributed by atoms with E-state index in [4.69, 9.17) is 4.42 Å². The van der Waals surface area contributed by atoms with Gasteiger partial charge in [-0.3, -0.25) is 0 Å². The average molecular weight is 289 g/mol. The first kappa shape index (κ1) is 10.5. The molecular formula is C13H9BrN2O. The van der Waals surface area contributed by atoms with Crippen LogP contribution in [0.4, 0.5) is 0 Å². The summed E-state index contributed by atoms with van der Waals surface area (Å²) in [5.41, 5.74) is 1.94. The van der Waals surface area contributed by atoms with Crippen LogP contribution in [0, 0.1) is 6.92 Å². The zero-order chi connectivity index (χ0) is 11.8. The third-order valence-corrected chi connectivity index (χ3v) is 3.24. The zero-order valence-corrected chi connectivity index (χ0v) is 10.7. The predicted molar refractivity (Wildman–Crippen MR) is 69.7 cm³/mol. The van der Waals surface area contributed by atoms with Gasteiger partial charge in [0.15, 0.2) is 0 Å². The number of aromatic nitrogens is 2. The van der Waals surface area contributed by atoms with Crippen molar-refractivity contribution < 1.29 is 4.42 Å². The molecule has 0 aliphatic heterocycles. The smallest absolute Gasteiger partial charge is 0.134 e. The fraction of sp³-hybridized carbons (Fsp3) is 0.0769. The molecule has 0 atom stereocenters. The number of nitrogens with zero attached hydrogens (tertiary/aromatic N) is 2. The molecule has 3 rings (SSSR count). The van der Waals surface area contributed by atoms with E-state index in [0.29, 0.717) is 0 Å². The Balaban J connectivity index is 2.22. The SMILES string of the molecule is Cc1ccc(-c2ccc3ncnc(Br)c3c2)o1. The lowest BCUT2D eigenvalue weighted by Gasteiger charge is -2.01. The molecule has 3 nitrogen and oxygen atoms in total. The first-order valence-corrected chi connectivity index (χ1v) is 6.00. The van der Waals surface area contributed by atoms with Crippen molar-refractivity contribution in [2.24, 2.45) is 0 Å². The lowest BCUT2D eigenvalue weighted by Crippen LogP contribution is -1.84. The Labute approximate surface area is 107 Å². The van der Waals surface area contributed by atoms with Crippen LogP contribution in [0.2, 0.25) is 0 Å². The summed E-state index contributed by atoms with van der Waals surface area (Å²) in [5, 5.41) is 0.985. The molecule has 0 aliphatic rings. The van der Waals surface area contributed by atoms with E-state index < -0.39 is 0 Å². The van der Waals surface area contributed by atoms with Crippen LogP contribution in [-0.4, -0.2) is 9.97 Å². The highest BCUT2D eigenvalue weighted by Crippen LogP contribution is 2.27. The Morgan fingerprint density at radius 2 is 2.00 bits per heavy atom. The van der Waals surface area contributed by atoms with E-state index in [1.54, 1.807) is 6.33 Å². The molecule has 0 aliphatic carbocycles. The molecule has 0 saturated heterocycles. The summed E-state index contributed by atoms with van der Waals surface area (Å²) in [6.45, 7) is 1.93. The van der Waals surface area contributed by atoms with Gasteiger partial charge in [0.2, 0.25) is 0 Å². The molecule has 0 amide bonds. The molecule has 4 heteroatoms. The van der Waals surface area contributed by atoms with Crippen LogP contribution in [0.5, 0.6) is 0 Å². The van der Waals surface area contributed by atoms with E-state index in [0.717, 1.165) is 32.6 Å². The number of furan rings is 1. The molecule has 0 spiro atoms. The van der Waals surface area contributed by atoms with Gasteiger partial charge < -0.3 is 4.42 Å². The third-order valence-electron chi connectivity index (χ3n) is 2.61. The summed E-state index contributed by atoms with van der Waals surface area (Å²) in [6, 6.07) is 9.91. The van der Waals surface area contributed by atoms with E-state index in [1.807, 2.05) is 37.3 Å². The molecule has 1 aromatic carbocycles. The quantitative estimate of drug-likeness (QED) is 0.636. The van der Waals surface area contributed by atoms with Crippen molar-refractivity contribution in [1.82, 2.24) is 9.97 Å². The van der Waals surface area contributed by atoms with E-state index in [2.05, 4.69) is 25.9 Å². The average Bonchev–Trinajstić information content (AvgIpc) is 2.76. The summed E-state index contributed by atoms with van der Waals surface area (Å²) < 4.78 is 6.40. The van der Waals surface area contributed by atoms with Crippen LogP contribution in [-0.2, 0) is 0 Å². The molecule has 0 N–H and O–H groups in total. The first-order valence-electron chi connectivity index (χ1n) is 5.21. The maximum Gasteiger partial charge on any atom is 0.134 e. The third kappa shape index (κ3) is 1.85. The highest BCUT2D eigenvalue weighted by atomic mass is 79.9. The van der Waals surface area contributed by atoms with Crippen molar-refractivity contribution in [1.29, 1.82) is 0 Å². The summed E-state index contributed by atoms with van der Waals surface area (Å²) >= 11 is 3.43. The van der Waals surface area contributed by atoms with Gasteiger partial charge in [0.25, 0.3) is 0 Å². The second-order valence-electron chi connectivity index (χ2n) is 3.81. The van der Waals surface area contributed by atoms with Crippen molar-refractivity contribution in [3.8, 4) is 11.3 Å².